The number of carbonyl (C=O) groups excluding carboxylic acids is 3. The minimum atomic E-state index is -1.06. The summed E-state index contributed by atoms with van der Waals surface area (Å²) in [6.07, 6.45) is -1.26. The highest BCUT2D eigenvalue weighted by Crippen LogP contribution is 2.15. The molecule has 1 atom stereocenters. The van der Waals surface area contributed by atoms with E-state index in [0.717, 1.165) is 0 Å². The maximum Gasteiger partial charge on any atom is 0.312 e. The summed E-state index contributed by atoms with van der Waals surface area (Å²) < 4.78 is 5.20. The Bertz CT molecular complexity index is 1150. The fraction of sp³-hybridized carbons (Fsp3) is 0.190. The average molecular weight is 393 g/mol. The highest BCUT2D eigenvalue weighted by molar-refractivity contribution is 5.98. The lowest BCUT2D eigenvalue weighted by molar-refractivity contribution is -0.152. The lowest BCUT2D eigenvalue weighted by Gasteiger charge is -2.14. The number of hydrogen-bond donors (Lipinski definition) is 2. The van der Waals surface area contributed by atoms with E-state index in [0.29, 0.717) is 27.7 Å². The second-order valence-corrected chi connectivity index (χ2v) is 6.48. The van der Waals surface area contributed by atoms with Gasteiger partial charge in [0, 0.05) is 16.6 Å². The van der Waals surface area contributed by atoms with Crippen molar-refractivity contribution in [2.75, 3.05) is 5.32 Å². The quantitative estimate of drug-likeness (QED) is 0.490. The molecule has 3 rings (SSSR count). The number of ketones is 1. The summed E-state index contributed by atoms with van der Waals surface area (Å²) in [7, 11) is 0. The summed E-state index contributed by atoms with van der Waals surface area (Å²) in [4.78, 5) is 47.8. The molecule has 8 heteroatoms. The van der Waals surface area contributed by atoms with Gasteiger partial charge in [-0.15, -0.1) is 0 Å². The second kappa shape index (κ2) is 8.47. The van der Waals surface area contributed by atoms with Gasteiger partial charge in [-0.2, -0.15) is 5.10 Å². The molecule has 8 nitrogen and oxygen atoms in total. The molecule has 0 aliphatic rings. The molecule has 0 unspecified atom stereocenters. The third-order valence-electron chi connectivity index (χ3n) is 4.30. The van der Waals surface area contributed by atoms with Crippen LogP contribution in [-0.2, 0) is 20.7 Å². The fourth-order valence-corrected chi connectivity index (χ4v) is 2.80. The van der Waals surface area contributed by atoms with Gasteiger partial charge in [0.25, 0.3) is 11.5 Å². The molecule has 2 N–H and O–H groups in total. The van der Waals surface area contributed by atoms with Gasteiger partial charge in [-0.05, 0) is 32.0 Å². The SMILES string of the molecule is CC(=O)c1cccc(NC(=O)[C@H](C)OC(=O)Cc2n[nH]c(=O)c3ccccc23)c1. The number of anilines is 1. The normalized spacial score (nSPS) is 11.7. The zero-order valence-corrected chi connectivity index (χ0v) is 15.9. The van der Waals surface area contributed by atoms with Crippen LogP contribution in [0.25, 0.3) is 10.8 Å². The van der Waals surface area contributed by atoms with E-state index in [1.54, 1.807) is 48.5 Å². The van der Waals surface area contributed by atoms with E-state index in [2.05, 4.69) is 15.5 Å². The summed E-state index contributed by atoms with van der Waals surface area (Å²) >= 11 is 0. The molecule has 148 valence electrons. The predicted octanol–water partition coefficient (Wildman–Crippen LogP) is 2.24. The predicted molar refractivity (Wildman–Crippen MR) is 107 cm³/mol. The molecule has 0 saturated carbocycles. The van der Waals surface area contributed by atoms with Gasteiger partial charge in [-0.1, -0.05) is 30.3 Å². The maximum absolute atomic E-state index is 12.3. The molecular formula is C21H19N3O5. The minimum Gasteiger partial charge on any atom is -0.452 e. The van der Waals surface area contributed by atoms with E-state index in [-0.39, 0.29) is 17.8 Å². The molecule has 3 aromatic rings. The Labute approximate surface area is 165 Å². The van der Waals surface area contributed by atoms with Crippen LogP contribution in [0.4, 0.5) is 5.69 Å². The summed E-state index contributed by atoms with van der Waals surface area (Å²) in [5.41, 5.74) is 0.896. The summed E-state index contributed by atoms with van der Waals surface area (Å²) in [6, 6.07) is 13.3. The molecule has 0 fully saturated rings. The van der Waals surface area contributed by atoms with Crippen LogP contribution >= 0.6 is 0 Å². The highest BCUT2D eigenvalue weighted by Gasteiger charge is 2.20. The van der Waals surface area contributed by atoms with Crippen LogP contribution in [-0.4, -0.2) is 34.0 Å². The molecule has 0 aliphatic heterocycles. The molecule has 1 aromatic heterocycles. The van der Waals surface area contributed by atoms with Crippen molar-refractivity contribution in [2.24, 2.45) is 0 Å². The zero-order chi connectivity index (χ0) is 21.0. The Morgan fingerprint density at radius 2 is 1.83 bits per heavy atom. The number of benzene rings is 2. The molecule has 1 amide bonds. The van der Waals surface area contributed by atoms with Gasteiger partial charge in [0.05, 0.1) is 17.5 Å². The Balaban J connectivity index is 1.66. The number of carbonyl (C=O) groups is 3. The van der Waals surface area contributed by atoms with Gasteiger partial charge in [-0.3, -0.25) is 19.2 Å². The van der Waals surface area contributed by atoms with Crippen LogP contribution in [0.3, 0.4) is 0 Å². The van der Waals surface area contributed by atoms with Gasteiger partial charge in [0.2, 0.25) is 0 Å². The largest absolute Gasteiger partial charge is 0.452 e. The molecule has 0 aliphatic carbocycles. The molecular weight excluding hydrogens is 374 g/mol. The Hall–Kier alpha value is -3.81. The van der Waals surface area contributed by atoms with E-state index < -0.39 is 18.0 Å². The smallest absolute Gasteiger partial charge is 0.312 e. The molecule has 0 spiro atoms. The van der Waals surface area contributed by atoms with Crippen LogP contribution < -0.4 is 10.9 Å². The lowest BCUT2D eigenvalue weighted by Crippen LogP contribution is -2.30. The first-order valence-corrected chi connectivity index (χ1v) is 8.93. The average Bonchev–Trinajstić information content (AvgIpc) is 2.70. The van der Waals surface area contributed by atoms with Crippen molar-refractivity contribution < 1.29 is 19.1 Å². The maximum atomic E-state index is 12.3. The molecule has 0 radical (unpaired) electrons. The zero-order valence-electron chi connectivity index (χ0n) is 15.9. The van der Waals surface area contributed by atoms with E-state index >= 15 is 0 Å². The first-order valence-electron chi connectivity index (χ1n) is 8.93. The molecule has 2 aromatic carbocycles. The monoisotopic (exact) mass is 393 g/mol. The first kappa shape index (κ1) is 19.9. The number of fused-ring (bicyclic) bond motifs is 1. The Morgan fingerprint density at radius 1 is 1.10 bits per heavy atom. The van der Waals surface area contributed by atoms with E-state index in [9.17, 15) is 19.2 Å². The number of aromatic amines is 1. The van der Waals surface area contributed by atoms with Gasteiger partial charge in [0.1, 0.15) is 0 Å². The van der Waals surface area contributed by atoms with Gasteiger partial charge < -0.3 is 10.1 Å². The van der Waals surface area contributed by atoms with Crippen molar-refractivity contribution in [3.8, 4) is 0 Å². The lowest BCUT2D eigenvalue weighted by atomic mass is 10.1. The summed E-state index contributed by atoms with van der Waals surface area (Å²) in [5, 5.41) is 9.85. The topological polar surface area (TPSA) is 118 Å². The van der Waals surface area contributed by atoms with E-state index in [1.807, 2.05) is 0 Å². The van der Waals surface area contributed by atoms with Crippen LogP contribution in [0.2, 0.25) is 0 Å². The Morgan fingerprint density at radius 3 is 2.55 bits per heavy atom. The summed E-state index contributed by atoms with van der Waals surface area (Å²) in [6.45, 7) is 2.88. The van der Waals surface area contributed by atoms with Crippen molar-refractivity contribution in [1.29, 1.82) is 0 Å². The number of nitrogens with zero attached hydrogens (tertiary/aromatic N) is 1. The fourth-order valence-electron chi connectivity index (χ4n) is 2.80. The van der Waals surface area contributed by atoms with Gasteiger partial charge >= 0.3 is 5.97 Å². The number of esters is 1. The number of aromatic nitrogens is 2. The van der Waals surface area contributed by atoms with Crippen molar-refractivity contribution in [3.05, 3.63) is 70.1 Å². The molecule has 1 heterocycles. The summed E-state index contributed by atoms with van der Waals surface area (Å²) in [5.74, 6) is -1.31. The van der Waals surface area contributed by atoms with Crippen LogP contribution in [0.5, 0.6) is 0 Å². The van der Waals surface area contributed by atoms with E-state index in [1.165, 1.54) is 13.8 Å². The number of amides is 1. The van der Waals surface area contributed by atoms with Crippen LogP contribution in [0.1, 0.15) is 29.9 Å². The number of H-pyrrole nitrogens is 1. The number of hydrogen-bond acceptors (Lipinski definition) is 6. The standard InChI is InChI=1S/C21H19N3O5/c1-12(25)14-6-5-7-15(10-14)22-20(27)13(2)29-19(26)11-18-16-8-3-4-9-17(16)21(28)24-23-18/h3-10,13H,11H2,1-2H3,(H,22,27)(H,24,28)/t13-/m0/s1. The molecule has 0 bridgehead atoms. The van der Waals surface area contributed by atoms with Crippen molar-refractivity contribution >= 4 is 34.1 Å². The molecule has 0 saturated heterocycles. The third-order valence-corrected chi connectivity index (χ3v) is 4.30. The highest BCUT2D eigenvalue weighted by atomic mass is 16.5. The number of ether oxygens (including phenoxy) is 1. The minimum absolute atomic E-state index is 0.124. The third kappa shape index (κ3) is 4.73. The number of Topliss-reactive ketones (excluding diaryl/α,β-unsaturated/α-hetero) is 1. The Kier molecular flexibility index (Phi) is 5.82. The second-order valence-electron chi connectivity index (χ2n) is 6.48. The van der Waals surface area contributed by atoms with Crippen LogP contribution in [0.15, 0.2) is 53.3 Å². The number of nitrogens with one attached hydrogen (secondary N) is 2. The van der Waals surface area contributed by atoms with Crippen molar-refractivity contribution in [1.82, 2.24) is 10.2 Å². The van der Waals surface area contributed by atoms with E-state index in [4.69, 9.17) is 4.74 Å². The van der Waals surface area contributed by atoms with Gasteiger partial charge in [0.15, 0.2) is 11.9 Å². The van der Waals surface area contributed by atoms with Crippen molar-refractivity contribution in [2.45, 2.75) is 26.4 Å². The van der Waals surface area contributed by atoms with Gasteiger partial charge in [-0.25, -0.2) is 5.10 Å². The van der Waals surface area contributed by atoms with Crippen LogP contribution in [0, 0.1) is 0 Å². The molecule has 29 heavy (non-hydrogen) atoms. The number of rotatable bonds is 6. The van der Waals surface area contributed by atoms with Crippen molar-refractivity contribution in [3.63, 3.8) is 0 Å². The first-order chi connectivity index (χ1) is 13.8.